The highest BCUT2D eigenvalue weighted by Gasteiger charge is 2.27. The number of nitrogens with zero attached hydrogens (tertiary/aromatic N) is 2. The summed E-state index contributed by atoms with van der Waals surface area (Å²) in [5.41, 5.74) is 2.26. The van der Waals surface area contributed by atoms with Gasteiger partial charge in [-0.1, -0.05) is 29.8 Å². The lowest BCUT2D eigenvalue weighted by atomic mass is 10.2. The van der Waals surface area contributed by atoms with Gasteiger partial charge in [0.2, 0.25) is 0 Å². The Kier molecular flexibility index (Phi) is 4.98. The lowest BCUT2D eigenvalue weighted by Gasteiger charge is -2.24. The Morgan fingerprint density at radius 1 is 1.46 bits per heavy atom. The Bertz CT molecular complexity index is 930. The Balaban J connectivity index is 1.64. The number of nitrogens with one attached hydrogen (secondary N) is 1. The number of carbonyl (C=O) groups is 1. The summed E-state index contributed by atoms with van der Waals surface area (Å²) in [5, 5.41) is 4.25. The van der Waals surface area contributed by atoms with E-state index in [9.17, 15) is 4.79 Å². The van der Waals surface area contributed by atoms with Crippen LogP contribution in [0.25, 0.3) is 10.9 Å². The maximum atomic E-state index is 13.3. The van der Waals surface area contributed by atoms with E-state index in [0.717, 1.165) is 41.1 Å². The molecule has 1 atom stereocenters. The number of halogens is 1. The number of rotatable bonds is 5. The van der Waals surface area contributed by atoms with Crippen LogP contribution in [0.1, 0.15) is 34.0 Å². The Morgan fingerprint density at radius 3 is 3.00 bits per heavy atom. The molecule has 2 aromatic heterocycles. The monoisotopic (exact) mass is 389 g/mol. The van der Waals surface area contributed by atoms with Crippen molar-refractivity contribution in [2.75, 3.05) is 13.2 Å². The molecule has 1 aliphatic rings. The molecule has 1 fully saturated rings. The minimum Gasteiger partial charge on any atom is -0.376 e. The number of H-pyrrole nitrogens is 1. The number of aromatic amines is 1. The van der Waals surface area contributed by atoms with E-state index < -0.39 is 0 Å². The molecule has 1 amide bonds. The molecule has 0 aliphatic carbocycles. The molecule has 1 aliphatic heterocycles. The fourth-order valence-electron chi connectivity index (χ4n) is 3.31. The summed E-state index contributed by atoms with van der Waals surface area (Å²) in [4.78, 5) is 22.7. The van der Waals surface area contributed by atoms with Crippen molar-refractivity contribution in [3.8, 4) is 0 Å². The molecular formula is C19H20ClN3O2S. The molecule has 3 aromatic rings. The van der Waals surface area contributed by atoms with Gasteiger partial charge in [-0.3, -0.25) is 4.79 Å². The number of carbonyl (C=O) groups excluding carboxylic acids is 1. The van der Waals surface area contributed by atoms with Crippen molar-refractivity contribution in [2.45, 2.75) is 32.4 Å². The van der Waals surface area contributed by atoms with Gasteiger partial charge in [-0.2, -0.15) is 0 Å². The number of amides is 1. The minimum absolute atomic E-state index is 0.0724. The van der Waals surface area contributed by atoms with Crippen molar-refractivity contribution in [1.82, 2.24) is 14.9 Å². The standard InChI is InChI=1S/C19H20ClN3O2S/c1-12-11-26-16(21-12)10-23(9-13-5-4-8-25-13)19(24)18-17(20)14-6-2-3-7-15(14)22-18/h2-3,6-7,11,13,22H,4-5,8-10H2,1H3/t13-/m0/s1. The number of aryl methyl sites for hydroxylation is 1. The molecule has 0 unspecified atom stereocenters. The van der Waals surface area contributed by atoms with Gasteiger partial charge in [-0.15, -0.1) is 11.3 Å². The van der Waals surface area contributed by atoms with E-state index in [0.29, 0.717) is 23.8 Å². The van der Waals surface area contributed by atoms with E-state index in [1.165, 1.54) is 0 Å². The van der Waals surface area contributed by atoms with Crippen molar-refractivity contribution < 1.29 is 9.53 Å². The fraction of sp³-hybridized carbons (Fsp3) is 0.368. The number of ether oxygens (including phenoxy) is 1. The molecule has 136 valence electrons. The Hall–Kier alpha value is -1.89. The van der Waals surface area contributed by atoms with Crippen LogP contribution in [-0.4, -0.2) is 40.0 Å². The minimum atomic E-state index is -0.116. The predicted octanol–water partition coefficient (Wildman–Crippen LogP) is 4.41. The van der Waals surface area contributed by atoms with Gasteiger partial charge in [0.1, 0.15) is 10.7 Å². The summed E-state index contributed by atoms with van der Waals surface area (Å²) in [6, 6.07) is 7.68. The summed E-state index contributed by atoms with van der Waals surface area (Å²) in [5.74, 6) is -0.116. The first-order valence-electron chi connectivity index (χ1n) is 8.70. The lowest BCUT2D eigenvalue weighted by molar-refractivity contribution is 0.0503. The maximum absolute atomic E-state index is 13.3. The normalized spacial score (nSPS) is 17.1. The van der Waals surface area contributed by atoms with E-state index in [2.05, 4.69) is 9.97 Å². The summed E-state index contributed by atoms with van der Waals surface area (Å²) in [6.45, 7) is 3.73. The number of benzene rings is 1. The molecule has 1 aromatic carbocycles. The lowest BCUT2D eigenvalue weighted by Crippen LogP contribution is -2.37. The third-order valence-electron chi connectivity index (χ3n) is 4.58. The third-order valence-corrected chi connectivity index (χ3v) is 5.93. The van der Waals surface area contributed by atoms with E-state index >= 15 is 0 Å². The van der Waals surface area contributed by atoms with Crippen molar-refractivity contribution in [3.05, 3.63) is 51.1 Å². The first kappa shape index (κ1) is 17.5. The summed E-state index contributed by atoms with van der Waals surface area (Å²) < 4.78 is 5.75. The third kappa shape index (κ3) is 3.49. The smallest absolute Gasteiger partial charge is 0.272 e. The highest BCUT2D eigenvalue weighted by molar-refractivity contribution is 7.09. The highest BCUT2D eigenvalue weighted by Crippen LogP contribution is 2.29. The Labute approximate surface area is 160 Å². The van der Waals surface area contributed by atoms with E-state index in [-0.39, 0.29) is 12.0 Å². The van der Waals surface area contributed by atoms with Crippen LogP contribution >= 0.6 is 22.9 Å². The molecule has 0 spiro atoms. The van der Waals surface area contributed by atoms with Gasteiger partial charge in [-0.25, -0.2) is 4.98 Å². The van der Waals surface area contributed by atoms with E-state index in [1.54, 1.807) is 16.2 Å². The maximum Gasteiger partial charge on any atom is 0.272 e. The van der Waals surface area contributed by atoms with Crippen LogP contribution < -0.4 is 0 Å². The van der Waals surface area contributed by atoms with E-state index in [4.69, 9.17) is 16.3 Å². The van der Waals surface area contributed by atoms with Crippen LogP contribution in [0.5, 0.6) is 0 Å². The number of hydrogen-bond acceptors (Lipinski definition) is 4. The van der Waals surface area contributed by atoms with Gasteiger partial charge in [0.15, 0.2) is 0 Å². The fourth-order valence-corrected chi connectivity index (χ4v) is 4.38. The van der Waals surface area contributed by atoms with Crippen LogP contribution in [0.2, 0.25) is 5.02 Å². The zero-order chi connectivity index (χ0) is 18.1. The zero-order valence-corrected chi connectivity index (χ0v) is 16.1. The highest BCUT2D eigenvalue weighted by atomic mass is 35.5. The molecule has 0 radical (unpaired) electrons. The van der Waals surface area contributed by atoms with Crippen LogP contribution in [-0.2, 0) is 11.3 Å². The van der Waals surface area contributed by atoms with Crippen molar-refractivity contribution in [3.63, 3.8) is 0 Å². The first-order chi connectivity index (χ1) is 12.6. The molecule has 26 heavy (non-hydrogen) atoms. The van der Waals surface area contributed by atoms with Crippen LogP contribution in [0.15, 0.2) is 29.6 Å². The van der Waals surface area contributed by atoms with Crippen LogP contribution in [0, 0.1) is 6.92 Å². The van der Waals surface area contributed by atoms with Crippen molar-refractivity contribution >= 4 is 39.7 Å². The summed E-state index contributed by atoms with van der Waals surface area (Å²) in [7, 11) is 0. The average Bonchev–Trinajstić information content (AvgIpc) is 3.36. The zero-order valence-electron chi connectivity index (χ0n) is 14.5. The van der Waals surface area contributed by atoms with Crippen molar-refractivity contribution in [1.29, 1.82) is 0 Å². The second-order valence-corrected chi connectivity index (χ2v) is 7.88. The second kappa shape index (κ2) is 7.39. The van der Waals surface area contributed by atoms with Crippen LogP contribution in [0.4, 0.5) is 0 Å². The number of thiazole rings is 1. The second-order valence-electron chi connectivity index (χ2n) is 6.56. The largest absolute Gasteiger partial charge is 0.376 e. The number of para-hydroxylation sites is 1. The predicted molar refractivity (Wildman–Crippen MR) is 104 cm³/mol. The Morgan fingerprint density at radius 2 is 2.31 bits per heavy atom. The molecule has 0 saturated carbocycles. The quantitative estimate of drug-likeness (QED) is 0.703. The summed E-state index contributed by atoms with van der Waals surface area (Å²) >= 11 is 8.07. The van der Waals surface area contributed by atoms with Gasteiger partial charge >= 0.3 is 0 Å². The van der Waals surface area contributed by atoms with Crippen molar-refractivity contribution in [2.24, 2.45) is 0 Å². The molecule has 4 rings (SSSR count). The van der Waals surface area contributed by atoms with Gasteiger partial charge in [-0.05, 0) is 25.8 Å². The number of fused-ring (bicyclic) bond motifs is 1. The molecule has 3 heterocycles. The molecule has 5 nitrogen and oxygen atoms in total. The molecule has 7 heteroatoms. The average molecular weight is 390 g/mol. The topological polar surface area (TPSA) is 58.2 Å². The van der Waals surface area contributed by atoms with Gasteiger partial charge in [0, 0.05) is 35.1 Å². The molecular weight excluding hydrogens is 370 g/mol. The van der Waals surface area contributed by atoms with Gasteiger partial charge in [0.25, 0.3) is 5.91 Å². The van der Waals surface area contributed by atoms with Gasteiger partial charge in [0.05, 0.1) is 17.7 Å². The first-order valence-corrected chi connectivity index (χ1v) is 9.95. The van der Waals surface area contributed by atoms with E-state index in [1.807, 2.05) is 36.6 Å². The SMILES string of the molecule is Cc1csc(CN(C[C@@H]2CCCO2)C(=O)c2[nH]c3ccccc3c2Cl)n1. The van der Waals surface area contributed by atoms with Crippen LogP contribution in [0.3, 0.4) is 0 Å². The number of aromatic nitrogens is 2. The van der Waals surface area contributed by atoms with Gasteiger partial charge < -0.3 is 14.6 Å². The molecule has 1 N–H and O–H groups in total. The molecule has 1 saturated heterocycles. The number of hydrogen-bond donors (Lipinski definition) is 1. The summed E-state index contributed by atoms with van der Waals surface area (Å²) in [6.07, 6.45) is 2.08. The molecule has 0 bridgehead atoms.